The maximum absolute atomic E-state index is 9.91. The van der Waals surface area contributed by atoms with Crippen LogP contribution in [0.15, 0.2) is 0 Å². The van der Waals surface area contributed by atoms with Gasteiger partial charge in [0.2, 0.25) is 0 Å². The number of rotatable bonds is 21. The van der Waals surface area contributed by atoms with E-state index in [1.165, 1.54) is 0 Å². The largest absolute Gasteiger partial charge is 0.396 e. The van der Waals surface area contributed by atoms with Crippen LogP contribution >= 0.6 is 0 Å². The Labute approximate surface area is 197 Å². The van der Waals surface area contributed by atoms with Crippen molar-refractivity contribution in [3.05, 3.63) is 0 Å². The molecule has 0 aromatic carbocycles. The summed E-state index contributed by atoms with van der Waals surface area (Å²) in [5.74, 6) is 0.644. The molecule has 0 spiro atoms. The molecule has 7 heteroatoms. The molecule has 0 saturated heterocycles. The molecular formula is C25H53NO6. The van der Waals surface area contributed by atoms with Crippen molar-refractivity contribution in [3.63, 3.8) is 0 Å². The van der Waals surface area contributed by atoms with Gasteiger partial charge in [0.1, 0.15) is 6.10 Å². The summed E-state index contributed by atoms with van der Waals surface area (Å²) in [6, 6.07) is 0. The molecule has 0 rings (SSSR count). The summed E-state index contributed by atoms with van der Waals surface area (Å²) in [6.45, 7) is 18.2. The van der Waals surface area contributed by atoms with Crippen LogP contribution < -0.4 is 5.73 Å². The normalized spacial score (nSPS) is 18.2. The molecule has 0 aromatic rings. The molecule has 194 valence electrons. The molecule has 0 amide bonds. The summed E-state index contributed by atoms with van der Waals surface area (Å²) in [5, 5.41) is 18.6. The summed E-state index contributed by atoms with van der Waals surface area (Å²) in [6.07, 6.45) is 3.67. The fraction of sp³-hybridized carbons (Fsp3) is 1.00. The number of aliphatic hydroxyl groups excluding tert-OH is 2. The Kier molecular flexibility index (Phi) is 16.2. The van der Waals surface area contributed by atoms with Gasteiger partial charge in [0.15, 0.2) is 0 Å². The zero-order chi connectivity index (χ0) is 24.7. The van der Waals surface area contributed by atoms with Crippen LogP contribution in [-0.4, -0.2) is 80.3 Å². The molecule has 0 bridgehead atoms. The van der Waals surface area contributed by atoms with Gasteiger partial charge in [-0.05, 0) is 45.4 Å². The minimum Gasteiger partial charge on any atom is -0.396 e. The molecule has 0 aliphatic heterocycles. The van der Waals surface area contributed by atoms with E-state index in [9.17, 15) is 5.11 Å². The smallest absolute Gasteiger partial charge is 0.101 e. The van der Waals surface area contributed by atoms with Crippen LogP contribution in [0.5, 0.6) is 0 Å². The number of hydrogen-bond acceptors (Lipinski definition) is 7. The summed E-state index contributed by atoms with van der Waals surface area (Å²) in [7, 11) is 0. The van der Waals surface area contributed by atoms with Crippen molar-refractivity contribution in [2.75, 3.05) is 52.8 Å². The average Bonchev–Trinajstić information content (AvgIpc) is 2.77. The molecule has 7 nitrogen and oxygen atoms in total. The molecule has 32 heavy (non-hydrogen) atoms. The maximum Gasteiger partial charge on any atom is 0.101 e. The lowest BCUT2D eigenvalue weighted by Gasteiger charge is -2.45. The van der Waals surface area contributed by atoms with Crippen molar-refractivity contribution < 1.29 is 29.2 Å². The van der Waals surface area contributed by atoms with Crippen molar-refractivity contribution in [3.8, 4) is 0 Å². The second-order valence-corrected chi connectivity index (χ2v) is 10.2. The first-order valence-corrected chi connectivity index (χ1v) is 12.4. The first-order chi connectivity index (χ1) is 15.0. The number of ether oxygens (including phenoxy) is 4. The highest BCUT2D eigenvalue weighted by Gasteiger charge is 2.42. The van der Waals surface area contributed by atoms with Crippen molar-refractivity contribution in [1.82, 2.24) is 0 Å². The van der Waals surface area contributed by atoms with Crippen molar-refractivity contribution >= 4 is 0 Å². The van der Waals surface area contributed by atoms with Crippen LogP contribution in [0.2, 0.25) is 0 Å². The molecule has 4 atom stereocenters. The van der Waals surface area contributed by atoms with Gasteiger partial charge >= 0.3 is 0 Å². The van der Waals surface area contributed by atoms with Gasteiger partial charge in [0.05, 0.1) is 31.0 Å². The SMILES string of the molecule is CCC(C)CCOC(C)(CN)C(C)(C)COC(C)(CC)CCOCC(O)COCCCO. The summed E-state index contributed by atoms with van der Waals surface area (Å²) in [5.41, 5.74) is 5.10. The van der Waals surface area contributed by atoms with Gasteiger partial charge in [-0.2, -0.15) is 0 Å². The standard InChI is InChI=1S/C25H53NO6/c1-8-21(3)11-15-31-25(7,19-26)23(4,5)20-32-24(6,9-2)12-16-30-18-22(28)17-29-14-10-13-27/h21-22,27-28H,8-20,26H2,1-7H3. The third-order valence-electron chi connectivity index (χ3n) is 6.92. The van der Waals surface area contributed by atoms with Gasteiger partial charge in [-0.1, -0.05) is 41.0 Å². The van der Waals surface area contributed by atoms with E-state index < -0.39 is 11.7 Å². The molecule has 0 heterocycles. The molecule has 0 aliphatic carbocycles. The van der Waals surface area contributed by atoms with Gasteiger partial charge in [-0.3, -0.25) is 0 Å². The second kappa shape index (κ2) is 16.4. The Balaban J connectivity index is 4.53. The molecule has 0 saturated carbocycles. The van der Waals surface area contributed by atoms with Crippen LogP contribution in [0.25, 0.3) is 0 Å². The van der Waals surface area contributed by atoms with Gasteiger partial charge in [0.25, 0.3) is 0 Å². The molecule has 0 aliphatic rings. The quantitative estimate of drug-likeness (QED) is 0.224. The Morgan fingerprint density at radius 1 is 0.938 bits per heavy atom. The highest BCUT2D eigenvalue weighted by atomic mass is 16.5. The topological polar surface area (TPSA) is 103 Å². The van der Waals surface area contributed by atoms with Crippen molar-refractivity contribution in [1.29, 1.82) is 0 Å². The lowest BCUT2D eigenvalue weighted by atomic mass is 9.76. The highest BCUT2D eigenvalue weighted by molar-refractivity contribution is 4.93. The summed E-state index contributed by atoms with van der Waals surface area (Å²) < 4.78 is 23.7. The van der Waals surface area contributed by atoms with Crippen LogP contribution in [-0.2, 0) is 18.9 Å². The van der Waals surface area contributed by atoms with Crippen molar-refractivity contribution in [2.24, 2.45) is 17.1 Å². The second-order valence-electron chi connectivity index (χ2n) is 10.2. The summed E-state index contributed by atoms with van der Waals surface area (Å²) in [4.78, 5) is 0. The van der Waals surface area contributed by atoms with E-state index in [2.05, 4.69) is 48.5 Å². The van der Waals surface area contributed by atoms with E-state index >= 15 is 0 Å². The van der Waals surface area contributed by atoms with E-state index in [-0.39, 0.29) is 30.8 Å². The monoisotopic (exact) mass is 463 g/mol. The number of hydrogen-bond donors (Lipinski definition) is 3. The van der Waals surface area contributed by atoms with Crippen LogP contribution in [0.3, 0.4) is 0 Å². The molecule has 0 aromatic heterocycles. The molecule has 0 radical (unpaired) electrons. The van der Waals surface area contributed by atoms with Crippen molar-refractivity contribution in [2.45, 2.75) is 97.9 Å². The van der Waals surface area contributed by atoms with E-state index in [1.807, 2.05) is 0 Å². The fourth-order valence-corrected chi connectivity index (χ4v) is 3.02. The van der Waals surface area contributed by atoms with Crippen LogP contribution in [0, 0.1) is 11.3 Å². The Bertz CT molecular complexity index is 464. The van der Waals surface area contributed by atoms with E-state index in [0.29, 0.717) is 45.3 Å². The highest BCUT2D eigenvalue weighted by Crippen LogP contribution is 2.36. The molecule has 0 fully saturated rings. The zero-order valence-electron chi connectivity index (χ0n) is 22.0. The van der Waals surface area contributed by atoms with Gasteiger partial charge < -0.3 is 34.9 Å². The Morgan fingerprint density at radius 2 is 1.56 bits per heavy atom. The van der Waals surface area contributed by atoms with Crippen LogP contribution in [0.1, 0.15) is 80.6 Å². The van der Waals surface area contributed by atoms with Gasteiger partial charge in [-0.25, -0.2) is 0 Å². The molecule has 4 unspecified atom stereocenters. The number of nitrogens with two attached hydrogens (primary N) is 1. The predicted octanol–water partition coefficient (Wildman–Crippen LogP) is 3.53. The zero-order valence-corrected chi connectivity index (χ0v) is 22.0. The lowest BCUT2D eigenvalue weighted by Crippen LogP contribution is -2.53. The Hall–Kier alpha value is -0.280. The van der Waals surface area contributed by atoms with Gasteiger partial charge in [-0.15, -0.1) is 0 Å². The fourth-order valence-electron chi connectivity index (χ4n) is 3.02. The minimum atomic E-state index is -0.667. The third-order valence-corrected chi connectivity index (χ3v) is 6.92. The minimum absolute atomic E-state index is 0.0909. The van der Waals surface area contributed by atoms with E-state index in [1.54, 1.807) is 0 Å². The average molecular weight is 464 g/mol. The first-order valence-electron chi connectivity index (χ1n) is 12.4. The van der Waals surface area contributed by atoms with Gasteiger partial charge in [0, 0.05) is 38.4 Å². The predicted molar refractivity (Wildman–Crippen MR) is 130 cm³/mol. The van der Waals surface area contributed by atoms with Crippen LogP contribution in [0.4, 0.5) is 0 Å². The molecular weight excluding hydrogens is 410 g/mol. The third kappa shape index (κ3) is 12.3. The Morgan fingerprint density at radius 3 is 2.09 bits per heavy atom. The van der Waals surface area contributed by atoms with E-state index in [0.717, 1.165) is 25.7 Å². The van der Waals surface area contributed by atoms with E-state index in [4.69, 9.17) is 29.8 Å². The summed E-state index contributed by atoms with van der Waals surface area (Å²) >= 11 is 0. The molecule has 4 N–H and O–H groups in total. The maximum atomic E-state index is 9.91. The number of aliphatic hydroxyl groups is 2. The first kappa shape index (κ1) is 31.7. The lowest BCUT2D eigenvalue weighted by molar-refractivity contribution is -0.161.